The fraction of sp³-hybridized carbons (Fsp3) is 0.463. The largest absolute Gasteiger partial charge is 0.444 e. The fourth-order valence-corrected chi connectivity index (χ4v) is 7.67. The van der Waals surface area contributed by atoms with Gasteiger partial charge in [0.25, 0.3) is 0 Å². The number of rotatable bonds is 2. The quantitative estimate of drug-likeness (QED) is 0.299. The molecule has 0 aromatic heterocycles. The van der Waals surface area contributed by atoms with Gasteiger partial charge < -0.3 is 29.5 Å². The Morgan fingerprint density at radius 3 is 1.67 bits per heavy atom. The van der Waals surface area contributed by atoms with Crippen LogP contribution in [0.25, 0.3) is 0 Å². The van der Waals surface area contributed by atoms with Gasteiger partial charge in [0.05, 0.1) is 17.4 Å². The molecule has 3 aromatic rings. The van der Waals surface area contributed by atoms with Crippen LogP contribution in [0.1, 0.15) is 83.9 Å². The van der Waals surface area contributed by atoms with Crippen LogP contribution in [-0.2, 0) is 36.4 Å². The molecule has 1 N–H and O–H groups in total. The van der Waals surface area contributed by atoms with Crippen molar-refractivity contribution in [2.24, 2.45) is 0 Å². The van der Waals surface area contributed by atoms with Crippen LogP contribution >= 0.6 is 0 Å². The summed E-state index contributed by atoms with van der Waals surface area (Å²) >= 11 is 0. The summed E-state index contributed by atoms with van der Waals surface area (Å²) in [6.45, 7) is 13.9. The third kappa shape index (κ3) is 7.32. The van der Waals surface area contributed by atoms with Crippen LogP contribution in [0.4, 0.5) is 21.0 Å². The van der Waals surface area contributed by atoms with Crippen LogP contribution < -0.4 is 10.2 Å². The van der Waals surface area contributed by atoms with E-state index in [1.54, 1.807) is 9.80 Å². The monoisotopic (exact) mass is 694 g/mol. The Labute approximate surface area is 301 Å². The molecule has 0 radical (unpaired) electrons. The van der Waals surface area contributed by atoms with Gasteiger partial charge in [-0.25, -0.2) is 9.59 Å². The number of hydrogen-bond acceptors (Lipinski definition) is 6. The van der Waals surface area contributed by atoms with Crippen LogP contribution in [0.5, 0.6) is 0 Å². The maximum atomic E-state index is 13.6. The number of likely N-dealkylation sites (tertiary alicyclic amines) is 2. The number of amides is 4. The number of hydrogen-bond donors (Lipinski definition) is 1. The predicted molar refractivity (Wildman–Crippen MR) is 197 cm³/mol. The smallest absolute Gasteiger partial charge is 0.410 e. The summed E-state index contributed by atoms with van der Waals surface area (Å²) < 4.78 is 10.9. The van der Waals surface area contributed by atoms with E-state index in [1.165, 1.54) is 0 Å². The summed E-state index contributed by atoms with van der Waals surface area (Å²) in [5, 5.41) is 2.97. The zero-order valence-electron chi connectivity index (χ0n) is 30.7. The van der Waals surface area contributed by atoms with Gasteiger partial charge in [0.2, 0.25) is 11.8 Å². The molecule has 0 aliphatic carbocycles. The number of para-hydroxylation sites is 2. The molecule has 10 nitrogen and oxygen atoms in total. The van der Waals surface area contributed by atoms with E-state index < -0.39 is 22.0 Å². The number of nitrogens with zero attached hydrogens (tertiary/aromatic N) is 3. The van der Waals surface area contributed by atoms with E-state index in [9.17, 15) is 19.2 Å². The molecule has 3 aromatic carbocycles. The Hall–Kier alpha value is -4.86. The number of nitrogens with one attached hydrogen (secondary N) is 1. The summed E-state index contributed by atoms with van der Waals surface area (Å²) in [6, 6.07) is 26.0. The minimum Gasteiger partial charge on any atom is -0.444 e. The zero-order chi connectivity index (χ0) is 36.6. The van der Waals surface area contributed by atoms with Crippen molar-refractivity contribution in [2.45, 2.75) is 95.8 Å². The predicted octanol–water partition coefficient (Wildman–Crippen LogP) is 7.41. The summed E-state index contributed by atoms with van der Waals surface area (Å²) in [5.41, 5.74) is 3.09. The third-order valence-corrected chi connectivity index (χ3v) is 10.2. The second-order valence-corrected chi connectivity index (χ2v) is 16.0. The van der Waals surface area contributed by atoms with Crippen molar-refractivity contribution in [1.29, 1.82) is 0 Å². The van der Waals surface area contributed by atoms with Gasteiger partial charge >= 0.3 is 12.2 Å². The maximum Gasteiger partial charge on any atom is 0.410 e. The molecule has 7 rings (SSSR count). The highest BCUT2D eigenvalue weighted by Gasteiger charge is 2.53. The lowest BCUT2D eigenvalue weighted by molar-refractivity contribution is -0.125. The van der Waals surface area contributed by atoms with Gasteiger partial charge in [-0.3, -0.25) is 9.59 Å². The molecule has 0 bridgehead atoms. The van der Waals surface area contributed by atoms with E-state index in [4.69, 9.17) is 9.47 Å². The van der Waals surface area contributed by atoms with Crippen LogP contribution in [0, 0.1) is 0 Å². The van der Waals surface area contributed by atoms with Gasteiger partial charge in [-0.1, -0.05) is 66.7 Å². The first kappa shape index (κ1) is 35.9. The van der Waals surface area contributed by atoms with Gasteiger partial charge in [-0.05, 0) is 96.0 Å². The average Bonchev–Trinajstić information content (AvgIpc) is 3.48. The maximum absolute atomic E-state index is 13.6. The van der Waals surface area contributed by atoms with Crippen molar-refractivity contribution in [3.8, 4) is 0 Å². The van der Waals surface area contributed by atoms with Gasteiger partial charge in [0.15, 0.2) is 0 Å². The van der Waals surface area contributed by atoms with E-state index in [0.717, 1.165) is 28.1 Å². The molecule has 4 aliphatic rings. The minimum absolute atomic E-state index is 0.0533. The molecule has 0 saturated carbocycles. The number of ether oxygens (including phenoxy) is 2. The van der Waals surface area contributed by atoms with Crippen LogP contribution in [0.2, 0.25) is 0 Å². The Morgan fingerprint density at radius 2 is 1.12 bits per heavy atom. The molecule has 4 aliphatic heterocycles. The van der Waals surface area contributed by atoms with E-state index in [0.29, 0.717) is 58.4 Å². The average molecular weight is 695 g/mol. The Morgan fingerprint density at radius 1 is 0.647 bits per heavy atom. The highest BCUT2D eigenvalue weighted by molar-refractivity contribution is 6.08. The number of carbonyl (C=O) groups is 4. The van der Waals surface area contributed by atoms with Crippen LogP contribution in [-0.4, -0.2) is 71.2 Å². The highest BCUT2D eigenvalue weighted by Crippen LogP contribution is 2.49. The molecule has 2 fully saturated rings. The van der Waals surface area contributed by atoms with Crippen LogP contribution in [0.3, 0.4) is 0 Å². The van der Waals surface area contributed by atoms with Gasteiger partial charge in [0, 0.05) is 37.6 Å². The standard InChI is InChI=1S/C24H28N2O3.C17H22N2O3/c1-23(2,3)29-22(28)25-15-13-24(14-16-25)19-11-7-8-12-20(19)26(21(24)27)17-18-9-5-4-6-10-18;1-16(2,3)22-15(21)19-10-8-17(9-11-19)12-6-4-5-7-13(12)18-14(17)20/h4-12H,13-17H2,1-3H3;4-7H,8-11H2,1-3H3,(H,18,20). The summed E-state index contributed by atoms with van der Waals surface area (Å²) in [4.78, 5) is 56.1. The van der Waals surface area contributed by atoms with Crippen molar-refractivity contribution in [3.63, 3.8) is 0 Å². The highest BCUT2D eigenvalue weighted by atomic mass is 16.6. The lowest BCUT2D eigenvalue weighted by Crippen LogP contribution is -2.50. The van der Waals surface area contributed by atoms with E-state index in [1.807, 2.05) is 119 Å². The van der Waals surface area contributed by atoms with Gasteiger partial charge in [-0.15, -0.1) is 0 Å². The molecular weight excluding hydrogens is 644 g/mol. The molecule has 2 saturated heterocycles. The lowest BCUT2D eigenvalue weighted by Gasteiger charge is -2.39. The topological polar surface area (TPSA) is 108 Å². The molecule has 2 spiro atoms. The third-order valence-electron chi connectivity index (χ3n) is 10.2. The van der Waals surface area contributed by atoms with Gasteiger partial charge in [0.1, 0.15) is 11.2 Å². The SMILES string of the molecule is CC(C)(C)OC(=O)N1CCC2(CC1)C(=O)N(Cc1ccccc1)c1ccccc12.CC(C)(C)OC(=O)N1CCC2(CC1)C(=O)Nc1ccccc12. The Balaban J connectivity index is 0.000000183. The second kappa shape index (κ2) is 13.7. The molecule has 4 amide bonds. The first-order valence-corrected chi connectivity index (χ1v) is 17.9. The van der Waals surface area contributed by atoms with Crippen molar-refractivity contribution >= 4 is 35.4 Å². The Kier molecular flexibility index (Phi) is 9.65. The second-order valence-electron chi connectivity index (χ2n) is 16.0. The van der Waals surface area contributed by atoms with Crippen molar-refractivity contribution < 1.29 is 28.7 Å². The summed E-state index contributed by atoms with van der Waals surface area (Å²) in [7, 11) is 0. The van der Waals surface area contributed by atoms with Crippen molar-refractivity contribution in [2.75, 3.05) is 36.4 Å². The summed E-state index contributed by atoms with van der Waals surface area (Å²) in [5.74, 6) is 0.198. The zero-order valence-corrected chi connectivity index (χ0v) is 30.7. The lowest BCUT2D eigenvalue weighted by atomic mass is 9.73. The molecule has 10 heteroatoms. The number of anilines is 2. The van der Waals surface area contributed by atoms with E-state index >= 15 is 0 Å². The molecular formula is C41H50N4O6. The number of piperidine rings is 2. The molecule has 4 heterocycles. The number of fused-ring (bicyclic) bond motifs is 4. The summed E-state index contributed by atoms with van der Waals surface area (Å²) in [6.07, 6.45) is 1.91. The molecule has 0 atom stereocenters. The van der Waals surface area contributed by atoms with E-state index in [-0.39, 0.29) is 24.0 Å². The van der Waals surface area contributed by atoms with Crippen molar-refractivity contribution in [3.05, 3.63) is 95.6 Å². The first-order chi connectivity index (χ1) is 24.1. The van der Waals surface area contributed by atoms with E-state index in [2.05, 4.69) is 11.4 Å². The molecule has 0 unspecified atom stereocenters. The number of carbonyl (C=O) groups excluding carboxylic acids is 4. The molecule has 270 valence electrons. The minimum atomic E-state index is -0.552. The van der Waals surface area contributed by atoms with Gasteiger partial charge in [-0.2, -0.15) is 0 Å². The normalized spacial score (nSPS) is 18.8. The Bertz CT molecular complexity index is 1780. The number of benzene rings is 3. The molecule has 51 heavy (non-hydrogen) atoms. The van der Waals surface area contributed by atoms with Crippen LogP contribution in [0.15, 0.2) is 78.9 Å². The van der Waals surface area contributed by atoms with Crippen molar-refractivity contribution in [1.82, 2.24) is 9.80 Å². The fourth-order valence-electron chi connectivity index (χ4n) is 7.67. The first-order valence-electron chi connectivity index (χ1n) is 17.9.